The Labute approximate surface area is 71.3 Å². The number of nitrogens with zero attached hydrogens (tertiary/aromatic N) is 4. The van der Waals surface area contributed by atoms with Crippen molar-refractivity contribution >= 4 is 5.84 Å². The minimum Gasteiger partial charge on any atom is -0.388 e. The molecule has 1 aromatic rings. The quantitative estimate of drug-likeness (QED) is 0.507. The molecule has 0 radical (unpaired) electrons. The number of aliphatic imine (C=N–C) groups is 1. The van der Waals surface area contributed by atoms with Crippen molar-refractivity contribution in [3.05, 3.63) is 12.2 Å². The minimum absolute atomic E-state index is 0.612. The average molecular weight is 167 g/mol. The summed E-state index contributed by atoms with van der Waals surface area (Å²) in [4.78, 5) is 4.06. The molecule has 0 fully saturated rings. The van der Waals surface area contributed by atoms with Crippen molar-refractivity contribution in [2.75, 3.05) is 6.54 Å². The van der Waals surface area contributed by atoms with Crippen LogP contribution in [0.5, 0.6) is 0 Å². The molecule has 1 heterocycles. The molecule has 1 aromatic heterocycles. The van der Waals surface area contributed by atoms with E-state index in [1.165, 1.54) is 0 Å². The standard InChI is InChI=1S/C7H13N5/c1-6(8)9-3-4-12-5-10-11-7(12)2/h5H,3-4H2,1-2H3,(H2,8,9). The Morgan fingerprint density at radius 3 is 3.00 bits per heavy atom. The van der Waals surface area contributed by atoms with E-state index in [1.54, 1.807) is 13.3 Å². The maximum atomic E-state index is 5.38. The number of hydrogen-bond donors (Lipinski definition) is 1. The second kappa shape index (κ2) is 3.85. The molecule has 0 aliphatic rings. The van der Waals surface area contributed by atoms with E-state index >= 15 is 0 Å². The molecule has 0 atom stereocenters. The zero-order valence-electron chi connectivity index (χ0n) is 7.36. The maximum Gasteiger partial charge on any atom is 0.129 e. The molecule has 0 saturated heterocycles. The van der Waals surface area contributed by atoms with Crippen molar-refractivity contribution in [2.45, 2.75) is 20.4 Å². The summed E-state index contributed by atoms with van der Waals surface area (Å²) in [7, 11) is 0. The van der Waals surface area contributed by atoms with Gasteiger partial charge < -0.3 is 10.3 Å². The van der Waals surface area contributed by atoms with E-state index in [2.05, 4.69) is 15.2 Å². The SMILES string of the molecule is CC(N)=NCCn1cnnc1C. The first-order chi connectivity index (χ1) is 5.70. The molecule has 1 rings (SSSR count). The summed E-state index contributed by atoms with van der Waals surface area (Å²) in [5.41, 5.74) is 5.38. The average Bonchev–Trinajstić information content (AvgIpc) is 2.36. The van der Waals surface area contributed by atoms with Crippen LogP contribution in [0.15, 0.2) is 11.3 Å². The van der Waals surface area contributed by atoms with E-state index in [0.29, 0.717) is 12.4 Å². The molecule has 0 amide bonds. The molecule has 0 aromatic carbocycles. The molecule has 12 heavy (non-hydrogen) atoms. The van der Waals surface area contributed by atoms with Gasteiger partial charge in [0, 0.05) is 6.54 Å². The molecule has 0 aliphatic heterocycles. The van der Waals surface area contributed by atoms with Gasteiger partial charge in [0.05, 0.1) is 12.4 Å². The predicted molar refractivity (Wildman–Crippen MR) is 46.9 cm³/mol. The van der Waals surface area contributed by atoms with Crippen LogP contribution in [0, 0.1) is 6.92 Å². The fraction of sp³-hybridized carbons (Fsp3) is 0.571. The molecule has 0 saturated carbocycles. The highest BCUT2D eigenvalue weighted by Gasteiger charge is 1.95. The van der Waals surface area contributed by atoms with Gasteiger partial charge in [0.25, 0.3) is 0 Å². The van der Waals surface area contributed by atoms with Gasteiger partial charge >= 0.3 is 0 Å². The smallest absolute Gasteiger partial charge is 0.129 e. The molecule has 0 bridgehead atoms. The second-order valence-corrected chi connectivity index (χ2v) is 2.59. The van der Waals surface area contributed by atoms with Gasteiger partial charge in [-0.25, -0.2) is 0 Å². The van der Waals surface area contributed by atoms with Crippen LogP contribution in [-0.4, -0.2) is 27.1 Å². The number of nitrogens with two attached hydrogens (primary N) is 1. The van der Waals surface area contributed by atoms with E-state index in [-0.39, 0.29) is 0 Å². The van der Waals surface area contributed by atoms with Crippen LogP contribution in [0.3, 0.4) is 0 Å². The molecule has 0 unspecified atom stereocenters. The Hall–Kier alpha value is -1.39. The van der Waals surface area contributed by atoms with Gasteiger partial charge in [-0.05, 0) is 13.8 Å². The van der Waals surface area contributed by atoms with E-state index in [1.807, 2.05) is 11.5 Å². The van der Waals surface area contributed by atoms with Gasteiger partial charge in [-0.3, -0.25) is 4.99 Å². The van der Waals surface area contributed by atoms with Crippen molar-refractivity contribution in [2.24, 2.45) is 10.7 Å². The third kappa shape index (κ3) is 2.34. The second-order valence-electron chi connectivity index (χ2n) is 2.59. The van der Waals surface area contributed by atoms with Gasteiger partial charge in [0.2, 0.25) is 0 Å². The number of aromatic nitrogens is 3. The predicted octanol–water partition coefficient (Wildman–Crippen LogP) is -0.0364. The Kier molecular flexibility index (Phi) is 2.79. The first-order valence-electron chi connectivity index (χ1n) is 3.81. The summed E-state index contributed by atoms with van der Waals surface area (Å²) in [5, 5.41) is 7.60. The minimum atomic E-state index is 0.612. The lowest BCUT2D eigenvalue weighted by atomic mass is 10.5. The van der Waals surface area contributed by atoms with Crippen LogP contribution >= 0.6 is 0 Å². The largest absolute Gasteiger partial charge is 0.388 e. The van der Waals surface area contributed by atoms with Crippen molar-refractivity contribution in [3.8, 4) is 0 Å². The molecule has 0 aliphatic carbocycles. The van der Waals surface area contributed by atoms with Crippen molar-refractivity contribution in [1.82, 2.24) is 14.8 Å². The molecular weight excluding hydrogens is 154 g/mol. The summed E-state index contributed by atoms with van der Waals surface area (Å²) < 4.78 is 1.94. The monoisotopic (exact) mass is 167 g/mol. The number of rotatable bonds is 3. The third-order valence-electron chi connectivity index (χ3n) is 1.51. The van der Waals surface area contributed by atoms with Gasteiger partial charge in [0.1, 0.15) is 12.2 Å². The Morgan fingerprint density at radius 1 is 1.75 bits per heavy atom. The van der Waals surface area contributed by atoms with E-state index in [9.17, 15) is 0 Å². The molecule has 0 spiro atoms. The summed E-state index contributed by atoms with van der Waals surface area (Å²) >= 11 is 0. The van der Waals surface area contributed by atoms with E-state index < -0.39 is 0 Å². The van der Waals surface area contributed by atoms with Gasteiger partial charge in [-0.15, -0.1) is 10.2 Å². The number of amidine groups is 1. The Morgan fingerprint density at radius 2 is 2.50 bits per heavy atom. The fourth-order valence-corrected chi connectivity index (χ4v) is 0.866. The highest BCUT2D eigenvalue weighted by atomic mass is 15.3. The summed E-state index contributed by atoms with van der Waals surface area (Å²) in [6.45, 7) is 5.15. The highest BCUT2D eigenvalue weighted by Crippen LogP contribution is 1.91. The summed E-state index contributed by atoms with van der Waals surface area (Å²) in [6.07, 6.45) is 1.69. The first-order valence-corrected chi connectivity index (χ1v) is 3.81. The number of hydrogen-bond acceptors (Lipinski definition) is 3. The van der Waals surface area contributed by atoms with Crippen molar-refractivity contribution < 1.29 is 0 Å². The highest BCUT2D eigenvalue weighted by molar-refractivity contribution is 5.77. The van der Waals surface area contributed by atoms with E-state index in [4.69, 9.17) is 5.73 Å². The molecule has 5 heteroatoms. The third-order valence-corrected chi connectivity index (χ3v) is 1.51. The summed E-state index contributed by atoms with van der Waals surface area (Å²) in [5.74, 6) is 1.51. The van der Waals surface area contributed by atoms with Crippen LogP contribution in [0.1, 0.15) is 12.7 Å². The molecule has 66 valence electrons. The lowest BCUT2D eigenvalue weighted by molar-refractivity contribution is 0.684. The fourth-order valence-electron chi connectivity index (χ4n) is 0.866. The van der Waals surface area contributed by atoms with Gasteiger partial charge in [-0.1, -0.05) is 0 Å². The van der Waals surface area contributed by atoms with E-state index in [0.717, 1.165) is 12.4 Å². The first kappa shape index (κ1) is 8.70. The number of aryl methyl sites for hydroxylation is 1. The molecule has 2 N–H and O–H groups in total. The zero-order valence-corrected chi connectivity index (χ0v) is 7.36. The van der Waals surface area contributed by atoms with Crippen molar-refractivity contribution in [1.29, 1.82) is 0 Å². The Bertz CT molecular complexity index is 271. The van der Waals surface area contributed by atoms with Crippen LogP contribution in [-0.2, 0) is 6.54 Å². The maximum absolute atomic E-state index is 5.38. The van der Waals surface area contributed by atoms with Crippen LogP contribution in [0.25, 0.3) is 0 Å². The van der Waals surface area contributed by atoms with Crippen LogP contribution < -0.4 is 5.73 Å². The Balaban J connectivity index is 2.44. The van der Waals surface area contributed by atoms with Gasteiger partial charge in [-0.2, -0.15) is 0 Å². The van der Waals surface area contributed by atoms with Gasteiger partial charge in [0.15, 0.2) is 0 Å². The lowest BCUT2D eigenvalue weighted by Gasteiger charge is -1.99. The van der Waals surface area contributed by atoms with Crippen LogP contribution in [0.4, 0.5) is 0 Å². The molecule has 5 nitrogen and oxygen atoms in total. The normalized spacial score (nSPS) is 12.0. The lowest BCUT2D eigenvalue weighted by Crippen LogP contribution is -2.09. The van der Waals surface area contributed by atoms with Crippen LogP contribution in [0.2, 0.25) is 0 Å². The van der Waals surface area contributed by atoms with Crippen molar-refractivity contribution in [3.63, 3.8) is 0 Å². The zero-order chi connectivity index (χ0) is 8.97. The summed E-state index contributed by atoms with van der Waals surface area (Å²) in [6, 6.07) is 0. The molecular formula is C7H13N5. The topological polar surface area (TPSA) is 69.1 Å².